The van der Waals surface area contributed by atoms with E-state index in [0.29, 0.717) is 37.6 Å². The third kappa shape index (κ3) is 3.26. The molecule has 3 fully saturated rings. The second-order valence-electron chi connectivity index (χ2n) is 7.30. The number of carbonyl (C=O) groups is 2. The summed E-state index contributed by atoms with van der Waals surface area (Å²) in [4.78, 5) is 33.8. The standard InChI is InChI=1S/C17H22N4O3/c22-15(20-5-12-1-2-12)3-13-4-17(24-8-13)9-21(10-17)16(23)14-6-18-11-19-7-14/h6-7,11-13H,1-5,8-10H2,(H,20,22). The van der Waals surface area contributed by atoms with Gasteiger partial charge in [0.2, 0.25) is 5.91 Å². The van der Waals surface area contributed by atoms with Crippen LogP contribution in [-0.4, -0.2) is 58.5 Å². The lowest BCUT2D eigenvalue weighted by atomic mass is 9.85. The van der Waals surface area contributed by atoms with Gasteiger partial charge in [-0.25, -0.2) is 9.97 Å². The monoisotopic (exact) mass is 330 g/mol. The molecule has 1 N–H and O–H groups in total. The van der Waals surface area contributed by atoms with Crippen molar-refractivity contribution in [2.45, 2.75) is 31.3 Å². The smallest absolute Gasteiger partial charge is 0.257 e. The highest BCUT2D eigenvalue weighted by atomic mass is 16.5. The summed E-state index contributed by atoms with van der Waals surface area (Å²) in [5.41, 5.74) is 0.244. The molecule has 1 saturated carbocycles. The number of rotatable bonds is 5. The Hall–Kier alpha value is -2.02. The summed E-state index contributed by atoms with van der Waals surface area (Å²) in [5, 5.41) is 3.01. The van der Waals surface area contributed by atoms with Gasteiger partial charge in [0.15, 0.2) is 0 Å². The molecular formula is C17H22N4O3. The molecule has 0 bridgehead atoms. The lowest BCUT2D eigenvalue weighted by Crippen LogP contribution is -2.63. The molecule has 1 spiro atoms. The second kappa shape index (κ2) is 6.12. The number of nitrogens with zero attached hydrogens (tertiary/aromatic N) is 3. The number of amides is 2. The van der Waals surface area contributed by atoms with E-state index in [-0.39, 0.29) is 23.3 Å². The van der Waals surface area contributed by atoms with E-state index in [2.05, 4.69) is 15.3 Å². The van der Waals surface area contributed by atoms with Crippen molar-refractivity contribution in [3.05, 3.63) is 24.3 Å². The van der Waals surface area contributed by atoms with Gasteiger partial charge in [0.1, 0.15) is 11.9 Å². The van der Waals surface area contributed by atoms with E-state index in [9.17, 15) is 9.59 Å². The average molecular weight is 330 g/mol. The molecule has 1 aliphatic carbocycles. The minimum Gasteiger partial charge on any atom is -0.371 e. The molecule has 0 radical (unpaired) electrons. The van der Waals surface area contributed by atoms with Crippen LogP contribution >= 0.6 is 0 Å². The molecule has 7 nitrogen and oxygen atoms in total. The van der Waals surface area contributed by atoms with Crippen LogP contribution in [0.3, 0.4) is 0 Å². The third-order valence-corrected chi connectivity index (χ3v) is 5.10. The quantitative estimate of drug-likeness (QED) is 0.856. The predicted octanol–water partition coefficient (Wildman–Crippen LogP) is 0.624. The van der Waals surface area contributed by atoms with E-state index in [0.717, 1.165) is 13.0 Å². The molecule has 1 unspecified atom stereocenters. The number of likely N-dealkylation sites (tertiary alicyclic amines) is 1. The van der Waals surface area contributed by atoms with Crippen LogP contribution in [0.1, 0.15) is 36.0 Å². The third-order valence-electron chi connectivity index (χ3n) is 5.10. The van der Waals surface area contributed by atoms with Crippen molar-refractivity contribution in [1.82, 2.24) is 20.2 Å². The highest BCUT2D eigenvalue weighted by Gasteiger charge is 2.51. The molecule has 2 saturated heterocycles. The lowest BCUT2D eigenvalue weighted by molar-refractivity contribution is -0.122. The van der Waals surface area contributed by atoms with Crippen LogP contribution in [0, 0.1) is 11.8 Å². The van der Waals surface area contributed by atoms with Crippen molar-refractivity contribution in [2.24, 2.45) is 11.8 Å². The van der Waals surface area contributed by atoms with Crippen molar-refractivity contribution >= 4 is 11.8 Å². The van der Waals surface area contributed by atoms with E-state index in [4.69, 9.17) is 4.74 Å². The fourth-order valence-electron chi connectivity index (χ4n) is 3.59. The Bertz CT molecular complexity index is 626. The van der Waals surface area contributed by atoms with Crippen molar-refractivity contribution in [3.63, 3.8) is 0 Å². The van der Waals surface area contributed by atoms with Crippen LogP contribution in [-0.2, 0) is 9.53 Å². The fraction of sp³-hybridized carbons (Fsp3) is 0.647. The molecule has 2 amide bonds. The summed E-state index contributed by atoms with van der Waals surface area (Å²) in [6.07, 6.45) is 8.32. The predicted molar refractivity (Wildman–Crippen MR) is 85.1 cm³/mol. The summed E-state index contributed by atoms with van der Waals surface area (Å²) >= 11 is 0. The molecule has 3 heterocycles. The van der Waals surface area contributed by atoms with Gasteiger partial charge in [-0.15, -0.1) is 0 Å². The second-order valence-corrected chi connectivity index (χ2v) is 7.30. The maximum atomic E-state index is 12.3. The zero-order valence-electron chi connectivity index (χ0n) is 13.6. The minimum atomic E-state index is -0.257. The summed E-state index contributed by atoms with van der Waals surface area (Å²) in [6, 6.07) is 0. The number of nitrogens with one attached hydrogen (secondary N) is 1. The van der Waals surface area contributed by atoms with Gasteiger partial charge in [0.25, 0.3) is 5.91 Å². The molecule has 2 aliphatic heterocycles. The number of aromatic nitrogens is 2. The molecule has 24 heavy (non-hydrogen) atoms. The van der Waals surface area contributed by atoms with Crippen LogP contribution in [0.2, 0.25) is 0 Å². The normalized spacial score (nSPS) is 24.7. The van der Waals surface area contributed by atoms with Crippen LogP contribution in [0.15, 0.2) is 18.7 Å². The first-order valence-electron chi connectivity index (χ1n) is 8.58. The Morgan fingerprint density at radius 3 is 2.71 bits per heavy atom. The number of hydrogen-bond donors (Lipinski definition) is 1. The van der Waals surface area contributed by atoms with Crippen molar-refractivity contribution in [3.8, 4) is 0 Å². The first-order valence-corrected chi connectivity index (χ1v) is 8.58. The Morgan fingerprint density at radius 2 is 2.00 bits per heavy atom. The zero-order chi connectivity index (χ0) is 16.6. The zero-order valence-corrected chi connectivity index (χ0v) is 13.6. The molecule has 4 rings (SSSR count). The maximum absolute atomic E-state index is 12.3. The van der Waals surface area contributed by atoms with Gasteiger partial charge in [-0.1, -0.05) is 0 Å². The molecular weight excluding hydrogens is 308 g/mol. The minimum absolute atomic E-state index is 0.0598. The highest BCUT2D eigenvalue weighted by molar-refractivity contribution is 5.94. The van der Waals surface area contributed by atoms with Gasteiger partial charge in [0, 0.05) is 25.4 Å². The van der Waals surface area contributed by atoms with Gasteiger partial charge in [0.05, 0.1) is 25.3 Å². The number of carbonyl (C=O) groups excluding carboxylic acids is 2. The average Bonchev–Trinajstić information content (AvgIpc) is 3.30. The summed E-state index contributed by atoms with van der Waals surface area (Å²) in [7, 11) is 0. The van der Waals surface area contributed by atoms with Crippen LogP contribution in [0.4, 0.5) is 0 Å². The first-order chi connectivity index (χ1) is 11.6. The van der Waals surface area contributed by atoms with Gasteiger partial charge in [-0.2, -0.15) is 0 Å². The SMILES string of the molecule is O=C(CC1COC2(C1)CN(C(=O)c1cncnc1)C2)NCC1CC1. The summed E-state index contributed by atoms with van der Waals surface area (Å²) < 4.78 is 5.94. The Balaban J connectivity index is 1.24. The summed E-state index contributed by atoms with van der Waals surface area (Å²) in [5.74, 6) is 1.02. The van der Waals surface area contributed by atoms with Crippen LogP contribution in [0.25, 0.3) is 0 Å². The maximum Gasteiger partial charge on any atom is 0.257 e. The van der Waals surface area contributed by atoms with E-state index in [1.807, 2.05) is 0 Å². The van der Waals surface area contributed by atoms with Gasteiger partial charge in [-0.05, 0) is 31.1 Å². The fourth-order valence-corrected chi connectivity index (χ4v) is 3.59. The van der Waals surface area contributed by atoms with Crippen LogP contribution < -0.4 is 5.32 Å². The van der Waals surface area contributed by atoms with Gasteiger partial charge in [-0.3, -0.25) is 9.59 Å². The molecule has 128 valence electrons. The van der Waals surface area contributed by atoms with Crippen molar-refractivity contribution in [2.75, 3.05) is 26.2 Å². The Labute approximate surface area is 140 Å². The van der Waals surface area contributed by atoms with Gasteiger partial charge >= 0.3 is 0 Å². The lowest BCUT2D eigenvalue weighted by Gasteiger charge is -2.47. The van der Waals surface area contributed by atoms with E-state index < -0.39 is 0 Å². The van der Waals surface area contributed by atoms with E-state index in [1.54, 1.807) is 4.90 Å². The van der Waals surface area contributed by atoms with Crippen molar-refractivity contribution < 1.29 is 14.3 Å². The first kappa shape index (κ1) is 15.5. The summed E-state index contributed by atoms with van der Waals surface area (Å²) in [6.45, 7) is 2.59. The number of hydrogen-bond acceptors (Lipinski definition) is 5. The number of ether oxygens (including phenoxy) is 1. The Morgan fingerprint density at radius 1 is 1.25 bits per heavy atom. The Kier molecular flexibility index (Phi) is 3.96. The van der Waals surface area contributed by atoms with Crippen LogP contribution in [0.5, 0.6) is 0 Å². The highest BCUT2D eigenvalue weighted by Crippen LogP contribution is 2.39. The molecule has 1 atom stereocenters. The van der Waals surface area contributed by atoms with Gasteiger partial charge < -0.3 is 15.0 Å². The molecule has 3 aliphatic rings. The van der Waals surface area contributed by atoms with Crippen molar-refractivity contribution in [1.29, 1.82) is 0 Å². The van der Waals surface area contributed by atoms with E-state index >= 15 is 0 Å². The molecule has 7 heteroatoms. The topological polar surface area (TPSA) is 84.4 Å². The molecule has 1 aromatic rings. The molecule has 1 aromatic heterocycles. The largest absolute Gasteiger partial charge is 0.371 e. The molecule has 0 aromatic carbocycles. The van der Waals surface area contributed by atoms with E-state index in [1.165, 1.54) is 31.6 Å².